The SMILES string of the molecule is CC(=O)OCC1=C(C(=O)OCOC(=O)C(NC(=O)OC(C)(C)C)C(C)C)N2C(=O)C(NC(=O)Cn3cccc3C=O)C2SC1. The van der Waals surface area contributed by atoms with Gasteiger partial charge in [0, 0.05) is 24.4 Å². The smallest absolute Gasteiger partial charge is 0.408 e. The van der Waals surface area contributed by atoms with Crippen molar-refractivity contribution in [2.45, 2.75) is 71.1 Å². The van der Waals surface area contributed by atoms with Gasteiger partial charge in [0.15, 0.2) is 6.29 Å². The zero-order chi connectivity index (χ0) is 32.8. The average Bonchev–Trinajstić information content (AvgIpc) is 3.38. The molecule has 1 aromatic rings. The molecule has 2 aliphatic heterocycles. The highest BCUT2D eigenvalue weighted by Gasteiger charge is 2.54. The molecule has 3 heterocycles. The van der Waals surface area contributed by atoms with Crippen molar-refractivity contribution in [3.63, 3.8) is 0 Å². The number of fused-ring (bicyclic) bond motifs is 1. The molecule has 3 amide bonds. The number of carbonyl (C=O) groups is 7. The fourth-order valence-electron chi connectivity index (χ4n) is 4.26. The second kappa shape index (κ2) is 14.4. The average molecular weight is 637 g/mol. The van der Waals surface area contributed by atoms with Crippen molar-refractivity contribution >= 4 is 53.9 Å². The number of rotatable bonds is 12. The van der Waals surface area contributed by atoms with Gasteiger partial charge < -0.3 is 34.1 Å². The molecular formula is C28H36N4O11S. The summed E-state index contributed by atoms with van der Waals surface area (Å²) in [7, 11) is 0. The van der Waals surface area contributed by atoms with Crippen molar-refractivity contribution in [2.24, 2.45) is 5.92 Å². The maximum absolute atomic E-state index is 13.2. The zero-order valence-corrected chi connectivity index (χ0v) is 26.1. The number of esters is 3. The molecule has 0 saturated carbocycles. The van der Waals surface area contributed by atoms with Gasteiger partial charge in [-0.3, -0.25) is 24.1 Å². The van der Waals surface area contributed by atoms with E-state index in [1.807, 2.05) is 0 Å². The van der Waals surface area contributed by atoms with Gasteiger partial charge in [0.1, 0.15) is 41.9 Å². The Morgan fingerprint density at radius 2 is 1.84 bits per heavy atom. The van der Waals surface area contributed by atoms with Crippen molar-refractivity contribution < 1.29 is 52.5 Å². The maximum atomic E-state index is 13.2. The summed E-state index contributed by atoms with van der Waals surface area (Å²) in [5.41, 5.74) is -0.414. The van der Waals surface area contributed by atoms with E-state index < -0.39 is 71.6 Å². The van der Waals surface area contributed by atoms with Gasteiger partial charge in [-0.2, -0.15) is 0 Å². The highest BCUT2D eigenvalue weighted by molar-refractivity contribution is 8.00. The summed E-state index contributed by atoms with van der Waals surface area (Å²) in [4.78, 5) is 87.5. The number of ether oxygens (including phenoxy) is 4. The fourth-order valence-corrected chi connectivity index (χ4v) is 5.58. The number of nitrogens with one attached hydrogen (secondary N) is 2. The van der Waals surface area contributed by atoms with Gasteiger partial charge in [0.25, 0.3) is 5.91 Å². The summed E-state index contributed by atoms with van der Waals surface area (Å²) >= 11 is 1.24. The van der Waals surface area contributed by atoms with Crippen LogP contribution >= 0.6 is 11.8 Å². The number of carbonyl (C=O) groups excluding carboxylic acids is 7. The summed E-state index contributed by atoms with van der Waals surface area (Å²) in [6.45, 7) is 8.21. The van der Waals surface area contributed by atoms with Crippen LogP contribution in [0, 0.1) is 5.92 Å². The first-order valence-corrected chi connectivity index (χ1v) is 14.7. The van der Waals surface area contributed by atoms with E-state index in [1.165, 1.54) is 23.3 Å². The van der Waals surface area contributed by atoms with E-state index >= 15 is 0 Å². The second-order valence-electron chi connectivity index (χ2n) is 11.2. The minimum Gasteiger partial charge on any atom is -0.461 e. The monoisotopic (exact) mass is 636 g/mol. The Bertz CT molecular complexity index is 1350. The Balaban J connectivity index is 1.66. The third kappa shape index (κ3) is 8.61. The van der Waals surface area contributed by atoms with Crippen molar-refractivity contribution in [3.8, 4) is 0 Å². The molecule has 0 radical (unpaired) electrons. The van der Waals surface area contributed by atoms with Gasteiger partial charge in [-0.05, 0) is 38.8 Å². The molecule has 3 atom stereocenters. The molecule has 2 aliphatic rings. The Kier molecular flexibility index (Phi) is 11.2. The molecule has 240 valence electrons. The van der Waals surface area contributed by atoms with Crippen LogP contribution < -0.4 is 10.6 Å². The minimum absolute atomic E-state index is 0.167. The topological polar surface area (TPSA) is 189 Å². The molecule has 3 unspecified atom stereocenters. The molecule has 1 saturated heterocycles. The highest BCUT2D eigenvalue weighted by atomic mass is 32.2. The molecule has 1 fully saturated rings. The van der Waals surface area contributed by atoms with Crippen LogP contribution in [-0.2, 0) is 49.5 Å². The number of hydrogen-bond acceptors (Lipinski definition) is 12. The van der Waals surface area contributed by atoms with E-state index in [-0.39, 0.29) is 35.9 Å². The van der Waals surface area contributed by atoms with Crippen LogP contribution in [0.2, 0.25) is 0 Å². The van der Waals surface area contributed by atoms with E-state index in [9.17, 15) is 33.6 Å². The Morgan fingerprint density at radius 1 is 1.14 bits per heavy atom. The van der Waals surface area contributed by atoms with Crippen LogP contribution in [-0.4, -0.2) is 93.8 Å². The summed E-state index contributed by atoms with van der Waals surface area (Å²) < 4.78 is 21.9. The quantitative estimate of drug-likeness (QED) is 0.110. The first-order valence-electron chi connectivity index (χ1n) is 13.7. The highest BCUT2D eigenvalue weighted by Crippen LogP contribution is 2.40. The molecular weight excluding hydrogens is 600 g/mol. The van der Waals surface area contributed by atoms with Gasteiger partial charge in [-0.15, -0.1) is 11.8 Å². The lowest BCUT2D eigenvalue weighted by atomic mass is 10.0. The van der Waals surface area contributed by atoms with Gasteiger partial charge >= 0.3 is 24.0 Å². The van der Waals surface area contributed by atoms with Gasteiger partial charge in [0.05, 0.1) is 5.69 Å². The van der Waals surface area contributed by atoms with E-state index in [0.29, 0.717) is 6.29 Å². The molecule has 1 aromatic heterocycles. The predicted molar refractivity (Wildman–Crippen MR) is 154 cm³/mol. The molecule has 2 N–H and O–H groups in total. The summed E-state index contributed by atoms with van der Waals surface area (Å²) in [6, 6.07) is 1.08. The first kappa shape index (κ1) is 34.2. The number of hydrogen-bond donors (Lipinski definition) is 2. The van der Waals surface area contributed by atoms with E-state index in [1.54, 1.807) is 52.9 Å². The van der Waals surface area contributed by atoms with Crippen LogP contribution in [0.3, 0.4) is 0 Å². The second-order valence-corrected chi connectivity index (χ2v) is 12.4. The summed E-state index contributed by atoms with van der Waals surface area (Å²) in [5.74, 6) is -3.87. The van der Waals surface area contributed by atoms with Crippen LogP contribution in [0.5, 0.6) is 0 Å². The first-order chi connectivity index (χ1) is 20.6. The number of aldehydes is 1. The van der Waals surface area contributed by atoms with Crippen LogP contribution in [0.4, 0.5) is 4.79 Å². The molecule has 44 heavy (non-hydrogen) atoms. The number of β-lactam (4-membered cyclic amide) rings is 1. The molecule has 3 rings (SSSR count). The zero-order valence-electron chi connectivity index (χ0n) is 25.2. The van der Waals surface area contributed by atoms with Gasteiger partial charge in [-0.25, -0.2) is 14.4 Å². The van der Waals surface area contributed by atoms with E-state index in [0.717, 1.165) is 4.90 Å². The largest absolute Gasteiger partial charge is 0.461 e. The predicted octanol–water partition coefficient (Wildman–Crippen LogP) is 1.11. The van der Waals surface area contributed by atoms with Crippen LogP contribution in [0.25, 0.3) is 0 Å². The summed E-state index contributed by atoms with van der Waals surface area (Å²) in [6.07, 6.45) is 1.33. The van der Waals surface area contributed by atoms with Gasteiger partial charge in [0.2, 0.25) is 12.7 Å². The third-order valence-electron chi connectivity index (χ3n) is 6.29. The van der Waals surface area contributed by atoms with Crippen LogP contribution in [0.15, 0.2) is 29.6 Å². The normalized spacial score (nSPS) is 18.4. The van der Waals surface area contributed by atoms with Crippen molar-refractivity contribution in [1.29, 1.82) is 0 Å². The van der Waals surface area contributed by atoms with Crippen molar-refractivity contribution in [3.05, 3.63) is 35.3 Å². The molecule has 0 aromatic carbocycles. The van der Waals surface area contributed by atoms with E-state index in [4.69, 9.17) is 18.9 Å². The lowest BCUT2D eigenvalue weighted by Crippen LogP contribution is -2.71. The number of nitrogens with zero attached hydrogens (tertiary/aromatic N) is 2. The standard InChI is InChI=1S/C28H36N4O11S/c1-15(2)20(30-27(39)43-28(4,5)6)25(37)41-14-42-26(38)22-17(12-40-16(3)34)13-44-24-21(23(36)32(22)24)29-19(35)10-31-9-7-8-18(31)11-33/h7-9,11,15,20-21,24H,10,12-14H2,1-6H3,(H,29,35)(H,30,39). The molecule has 16 heteroatoms. The Labute approximate surface area is 257 Å². The molecule has 0 spiro atoms. The van der Waals surface area contributed by atoms with Crippen LogP contribution in [0.1, 0.15) is 52.0 Å². The Hall–Kier alpha value is -4.34. The third-order valence-corrected chi connectivity index (χ3v) is 7.63. The number of aromatic nitrogens is 1. The molecule has 0 bridgehead atoms. The maximum Gasteiger partial charge on any atom is 0.408 e. The summed E-state index contributed by atoms with van der Waals surface area (Å²) in [5, 5.41) is 4.39. The van der Waals surface area contributed by atoms with Crippen molar-refractivity contribution in [2.75, 3.05) is 19.2 Å². The van der Waals surface area contributed by atoms with Gasteiger partial charge in [-0.1, -0.05) is 13.8 Å². The number of alkyl carbamates (subject to hydrolysis) is 1. The lowest BCUT2D eigenvalue weighted by molar-refractivity contribution is -0.170. The molecule has 15 nitrogen and oxygen atoms in total. The fraction of sp³-hybridized carbons (Fsp3) is 0.536. The number of thioether (sulfide) groups is 1. The van der Waals surface area contributed by atoms with Crippen molar-refractivity contribution in [1.82, 2.24) is 20.1 Å². The Morgan fingerprint density at radius 3 is 2.45 bits per heavy atom. The molecule has 0 aliphatic carbocycles. The number of amides is 3. The lowest BCUT2D eigenvalue weighted by Gasteiger charge is -2.49. The minimum atomic E-state index is -1.10. The van der Waals surface area contributed by atoms with E-state index in [2.05, 4.69) is 10.6 Å².